The molecule has 0 aromatic carbocycles. The summed E-state index contributed by atoms with van der Waals surface area (Å²) >= 11 is 3.20. The fourth-order valence-corrected chi connectivity index (χ4v) is 2.70. The molecule has 1 aromatic rings. The number of rotatable bonds is 7. The Morgan fingerprint density at radius 1 is 1.47 bits per heavy atom. The van der Waals surface area contributed by atoms with Crippen LogP contribution >= 0.6 is 15.9 Å². The van der Waals surface area contributed by atoms with Crippen LogP contribution in [-0.2, 0) is 10.0 Å². The molecule has 19 heavy (non-hydrogen) atoms. The van der Waals surface area contributed by atoms with Crippen LogP contribution in [0.3, 0.4) is 0 Å². The van der Waals surface area contributed by atoms with Gasteiger partial charge in [-0.3, -0.25) is 0 Å². The van der Waals surface area contributed by atoms with Gasteiger partial charge >= 0.3 is 0 Å². The second kappa shape index (κ2) is 7.18. The molecule has 0 aliphatic heterocycles. The molecule has 0 radical (unpaired) electrons. The van der Waals surface area contributed by atoms with E-state index in [0.29, 0.717) is 11.1 Å². The number of hydrogen-bond donors (Lipinski definition) is 1. The predicted molar refractivity (Wildman–Crippen MR) is 76.8 cm³/mol. The quantitative estimate of drug-likeness (QED) is 0.744. The van der Waals surface area contributed by atoms with Crippen molar-refractivity contribution in [2.45, 2.75) is 11.3 Å². The summed E-state index contributed by atoms with van der Waals surface area (Å²) in [6.45, 7) is 1.28. The first-order valence-electron chi connectivity index (χ1n) is 5.73. The number of pyridine rings is 1. The van der Waals surface area contributed by atoms with Crippen LogP contribution in [0.15, 0.2) is 21.6 Å². The van der Waals surface area contributed by atoms with Gasteiger partial charge in [0.05, 0.1) is 6.61 Å². The number of ether oxygens (including phenoxy) is 1. The van der Waals surface area contributed by atoms with Crippen molar-refractivity contribution in [1.29, 1.82) is 0 Å². The SMILES string of the molecule is CNS(=O)(=O)c1cc(Br)cnc1OCCCN(C)C. The van der Waals surface area contributed by atoms with E-state index in [1.54, 1.807) is 0 Å². The lowest BCUT2D eigenvalue weighted by molar-refractivity contribution is 0.267. The zero-order chi connectivity index (χ0) is 14.5. The van der Waals surface area contributed by atoms with Gasteiger partial charge in [-0.2, -0.15) is 0 Å². The summed E-state index contributed by atoms with van der Waals surface area (Å²) in [6, 6.07) is 1.47. The molecule has 0 atom stereocenters. The zero-order valence-corrected chi connectivity index (χ0v) is 13.6. The number of nitrogens with zero attached hydrogens (tertiary/aromatic N) is 2. The molecule has 0 spiro atoms. The van der Waals surface area contributed by atoms with E-state index >= 15 is 0 Å². The van der Waals surface area contributed by atoms with E-state index in [4.69, 9.17) is 4.74 Å². The average Bonchev–Trinajstić information content (AvgIpc) is 2.35. The maximum atomic E-state index is 11.9. The predicted octanol–water partition coefficient (Wildman–Crippen LogP) is 1.08. The minimum atomic E-state index is -3.58. The molecule has 1 N–H and O–H groups in total. The Labute approximate surface area is 122 Å². The Balaban J connectivity index is 2.83. The molecule has 0 amide bonds. The third kappa shape index (κ3) is 5.06. The van der Waals surface area contributed by atoms with Gasteiger partial charge in [0, 0.05) is 17.2 Å². The van der Waals surface area contributed by atoms with Gasteiger partial charge in [0.2, 0.25) is 15.9 Å². The number of nitrogens with one attached hydrogen (secondary N) is 1. The largest absolute Gasteiger partial charge is 0.477 e. The van der Waals surface area contributed by atoms with E-state index in [2.05, 4.69) is 25.6 Å². The lowest BCUT2D eigenvalue weighted by Gasteiger charge is -2.12. The van der Waals surface area contributed by atoms with E-state index in [0.717, 1.165) is 13.0 Å². The topological polar surface area (TPSA) is 71.5 Å². The Bertz CT molecular complexity index is 520. The van der Waals surface area contributed by atoms with Crippen molar-refractivity contribution < 1.29 is 13.2 Å². The molecule has 8 heteroatoms. The Hall–Kier alpha value is -0.700. The van der Waals surface area contributed by atoms with Crippen molar-refractivity contribution in [3.05, 3.63) is 16.7 Å². The summed E-state index contributed by atoms with van der Waals surface area (Å²) in [5.74, 6) is 0.122. The van der Waals surface area contributed by atoms with Gasteiger partial charge in [-0.15, -0.1) is 0 Å². The number of sulfonamides is 1. The smallest absolute Gasteiger partial charge is 0.245 e. The Kier molecular flexibility index (Phi) is 6.18. The first-order chi connectivity index (χ1) is 8.86. The fraction of sp³-hybridized carbons (Fsp3) is 0.545. The monoisotopic (exact) mass is 351 g/mol. The van der Waals surface area contributed by atoms with Gasteiger partial charge in [0.25, 0.3) is 0 Å². The fourth-order valence-electron chi connectivity index (χ4n) is 1.37. The van der Waals surface area contributed by atoms with Crippen LogP contribution in [0.2, 0.25) is 0 Å². The standard InChI is InChI=1S/C11H18BrN3O3S/c1-13-19(16,17)10-7-9(12)8-14-11(10)18-6-4-5-15(2)3/h7-8,13H,4-6H2,1-3H3. The molecule has 0 unspecified atom stereocenters. The maximum absolute atomic E-state index is 11.9. The summed E-state index contributed by atoms with van der Waals surface area (Å²) in [5.41, 5.74) is 0. The lowest BCUT2D eigenvalue weighted by atomic mass is 10.4. The first-order valence-corrected chi connectivity index (χ1v) is 8.01. The summed E-state index contributed by atoms with van der Waals surface area (Å²) in [6.07, 6.45) is 2.31. The molecule has 1 rings (SSSR count). The third-order valence-corrected chi connectivity index (χ3v) is 4.17. The molecule has 0 saturated heterocycles. The second-order valence-electron chi connectivity index (χ2n) is 4.17. The maximum Gasteiger partial charge on any atom is 0.245 e. The summed E-state index contributed by atoms with van der Waals surface area (Å²) in [4.78, 5) is 6.07. The molecule has 0 bridgehead atoms. The van der Waals surface area contributed by atoms with Crippen molar-refractivity contribution in [1.82, 2.24) is 14.6 Å². The minimum absolute atomic E-state index is 0.0363. The molecule has 0 fully saturated rings. The van der Waals surface area contributed by atoms with Gasteiger partial charge in [-0.1, -0.05) is 0 Å². The van der Waals surface area contributed by atoms with Gasteiger partial charge in [0.15, 0.2) is 0 Å². The molecule has 6 nitrogen and oxygen atoms in total. The average molecular weight is 352 g/mol. The summed E-state index contributed by atoms with van der Waals surface area (Å²) < 4.78 is 32.0. The van der Waals surface area contributed by atoms with E-state index in [1.807, 2.05) is 19.0 Å². The van der Waals surface area contributed by atoms with Crippen LogP contribution in [0.1, 0.15) is 6.42 Å². The summed E-state index contributed by atoms with van der Waals surface area (Å²) in [7, 11) is 1.70. The van der Waals surface area contributed by atoms with Gasteiger partial charge < -0.3 is 9.64 Å². The second-order valence-corrected chi connectivity index (χ2v) is 6.94. The number of halogens is 1. The normalized spacial score (nSPS) is 11.8. The van der Waals surface area contributed by atoms with Crippen LogP contribution in [0.25, 0.3) is 0 Å². The number of aromatic nitrogens is 1. The zero-order valence-electron chi connectivity index (χ0n) is 11.2. The van der Waals surface area contributed by atoms with Crippen molar-refractivity contribution in [2.24, 2.45) is 0 Å². The van der Waals surface area contributed by atoms with Crippen molar-refractivity contribution in [2.75, 3.05) is 34.3 Å². The van der Waals surface area contributed by atoms with Crippen LogP contribution in [0, 0.1) is 0 Å². The highest BCUT2D eigenvalue weighted by atomic mass is 79.9. The molecule has 1 heterocycles. The van der Waals surface area contributed by atoms with E-state index in [-0.39, 0.29) is 10.8 Å². The van der Waals surface area contributed by atoms with Crippen molar-refractivity contribution >= 4 is 26.0 Å². The van der Waals surface area contributed by atoms with Gasteiger partial charge in [-0.25, -0.2) is 18.1 Å². The molecule has 108 valence electrons. The van der Waals surface area contributed by atoms with Gasteiger partial charge in [-0.05, 0) is 49.6 Å². The highest BCUT2D eigenvalue weighted by molar-refractivity contribution is 9.10. The first kappa shape index (κ1) is 16.4. The van der Waals surface area contributed by atoms with Gasteiger partial charge in [0.1, 0.15) is 4.90 Å². The Morgan fingerprint density at radius 3 is 2.74 bits per heavy atom. The van der Waals surface area contributed by atoms with Crippen LogP contribution < -0.4 is 9.46 Å². The van der Waals surface area contributed by atoms with Crippen LogP contribution in [0.5, 0.6) is 5.88 Å². The summed E-state index contributed by atoms with van der Waals surface area (Å²) in [5, 5.41) is 0. The van der Waals surface area contributed by atoms with E-state index in [9.17, 15) is 8.42 Å². The van der Waals surface area contributed by atoms with Crippen LogP contribution in [-0.4, -0.2) is 52.6 Å². The van der Waals surface area contributed by atoms with Crippen LogP contribution in [0.4, 0.5) is 0 Å². The van der Waals surface area contributed by atoms with Crippen molar-refractivity contribution in [3.63, 3.8) is 0 Å². The highest BCUT2D eigenvalue weighted by Crippen LogP contribution is 2.24. The highest BCUT2D eigenvalue weighted by Gasteiger charge is 2.19. The minimum Gasteiger partial charge on any atom is -0.477 e. The number of hydrogen-bond acceptors (Lipinski definition) is 5. The molecule has 0 aliphatic carbocycles. The molecule has 0 saturated carbocycles. The molecular formula is C11H18BrN3O3S. The van der Waals surface area contributed by atoms with E-state index < -0.39 is 10.0 Å². The molecular weight excluding hydrogens is 334 g/mol. The van der Waals surface area contributed by atoms with E-state index in [1.165, 1.54) is 19.3 Å². The molecule has 1 aromatic heterocycles. The molecule has 0 aliphatic rings. The van der Waals surface area contributed by atoms with Crippen molar-refractivity contribution in [3.8, 4) is 5.88 Å². The third-order valence-electron chi connectivity index (χ3n) is 2.33. The Morgan fingerprint density at radius 2 is 2.16 bits per heavy atom. The lowest BCUT2D eigenvalue weighted by Crippen LogP contribution is -2.21.